The number of carbonyl (C=O) groups excluding carboxylic acids is 2. The number of thiophene rings is 2. The number of carboxylic acid groups (broad SMARTS) is 1. The van der Waals surface area contributed by atoms with E-state index in [0.29, 0.717) is 21.1 Å². The molecule has 1 saturated heterocycles. The zero-order valence-corrected chi connectivity index (χ0v) is 21.9. The van der Waals surface area contributed by atoms with E-state index in [4.69, 9.17) is 4.42 Å². The van der Waals surface area contributed by atoms with Crippen LogP contribution in [0.4, 0.5) is 5.69 Å². The van der Waals surface area contributed by atoms with Crippen molar-refractivity contribution in [3.63, 3.8) is 0 Å². The molecule has 4 unspecified atom stereocenters. The van der Waals surface area contributed by atoms with Crippen molar-refractivity contribution in [1.29, 1.82) is 0 Å². The first-order valence-corrected chi connectivity index (χ1v) is 13.4. The van der Waals surface area contributed by atoms with Crippen LogP contribution in [0.15, 0.2) is 69.8 Å². The van der Waals surface area contributed by atoms with E-state index in [1.165, 1.54) is 40.5 Å². The second-order valence-electron chi connectivity index (χ2n) is 9.06. The number of aryl methyl sites for hydroxylation is 2. The molecule has 1 N–H and O–H groups in total. The first-order valence-electron chi connectivity index (χ1n) is 11.7. The summed E-state index contributed by atoms with van der Waals surface area (Å²) in [5.74, 6) is -3.76. The molecule has 4 aromatic rings. The highest BCUT2D eigenvalue weighted by Gasteiger charge is 2.59. The number of nitrogens with zero attached hydrogens (tertiary/aromatic N) is 2. The summed E-state index contributed by atoms with van der Waals surface area (Å²) in [6.45, 7) is 3.52. The van der Waals surface area contributed by atoms with Gasteiger partial charge in [0.25, 0.3) is 11.6 Å². The predicted molar refractivity (Wildman–Crippen MR) is 141 cm³/mol. The number of amides is 1. The van der Waals surface area contributed by atoms with Gasteiger partial charge in [-0.05, 0) is 60.0 Å². The highest BCUT2D eigenvalue weighted by molar-refractivity contribution is 7.12. The van der Waals surface area contributed by atoms with E-state index in [1.807, 2.05) is 18.4 Å². The number of rotatable bonds is 7. The Balaban J connectivity index is 1.80. The average molecular weight is 551 g/mol. The first-order chi connectivity index (χ1) is 18.2. The monoisotopic (exact) mass is 550 g/mol. The van der Waals surface area contributed by atoms with Crippen molar-refractivity contribution >= 4 is 46.0 Å². The minimum Gasteiger partial charge on any atom is -0.480 e. The Morgan fingerprint density at radius 3 is 2.39 bits per heavy atom. The topological polar surface area (TPSA) is 131 Å². The number of hydrogen-bond acceptors (Lipinski definition) is 8. The number of aliphatic carboxylic acids is 1. The highest BCUT2D eigenvalue weighted by Crippen LogP contribution is 2.53. The molecule has 1 amide bonds. The number of nitro groups is 1. The van der Waals surface area contributed by atoms with Crippen molar-refractivity contribution < 1.29 is 28.8 Å². The Bertz CT molecular complexity index is 1540. The van der Waals surface area contributed by atoms with Gasteiger partial charge in [0.1, 0.15) is 11.8 Å². The van der Waals surface area contributed by atoms with Gasteiger partial charge >= 0.3 is 5.97 Å². The molecule has 11 heteroatoms. The van der Waals surface area contributed by atoms with Crippen LogP contribution in [0.2, 0.25) is 0 Å². The van der Waals surface area contributed by atoms with Crippen LogP contribution in [0.5, 0.6) is 0 Å². The lowest BCUT2D eigenvalue weighted by Gasteiger charge is -2.29. The van der Waals surface area contributed by atoms with Crippen molar-refractivity contribution in [3.05, 3.63) is 108 Å². The zero-order valence-electron chi connectivity index (χ0n) is 20.3. The van der Waals surface area contributed by atoms with Crippen molar-refractivity contribution in [1.82, 2.24) is 4.90 Å². The molecule has 0 spiro atoms. The molecule has 5 rings (SSSR count). The number of furan rings is 1. The SMILES string of the molecule is Cc1ccc(C(=O)C2C(c3sccc3C)C(C(=O)O)N(C(=O)c3cccs3)C2c2cccc([N+](=O)[O-])c2)o1. The molecule has 0 bridgehead atoms. The van der Waals surface area contributed by atoms with Crippen LogP contribution in [-0.4, -0.2) is 38.6 Å². The summed E-state index contributed by atoms with van der Waals surface area (Å²) in [4.78, 5) is 54.3. The van der Waals surface area contributed by atoms with Gasteiger partial charge in [-0.25, -0.2) is 4.79 Å². The van der Waals surface area contributed by atoms with Gasteiger partial charge in [-0.3, -0.25) is 19.7 Å². The van der Waals surface area contributed by atoms with E-state index < -0.39 is 46.5 Å². The highest BCUT2D eigenvalue weighted by atomic mass is 32.1. The van der Waals surface area contributed by atoms with Crippen LogP contribution in [0.1, 0.15) is 54.0 Å². The number of ketones is 1. The fourth-order valence-electron chi connectivity index (χ4n) is 5.22. The summed E-state index contributed by atoms with van der Waals surface area (Å²) in [6.07, 6.45) is 0. The average Bonchev–Trinajstić information content (AvgIpc) is 3.69. The summed E-state index contributed by atoms with van der Waals surface area (Å²) >= 11 is 2.47. The normalized spacial score (nSPS) is 20.9. The van der Waals surface area contributed by atoms with E-state index in [1.54, 1.807) is 36.6 Å². The molecule has 0 radical (unpaired) electrons. The van der Waals surface area contributed by atoms with Gasteiger partial charge < -0.3 is 14.4 Å². The van der Waals surface area contributed by atoms with E-state index >= 15 is 0 Å². The number of Topliss-reactive ketones (excluding diaryl/α,β-unsaturated/α-hetero) is 1. The van der Waals surface area contributed by atoms with Crippen molar-refractivity contribution in [2.75, 3.05) is 0 Å². The Morgan fingerprint density at radius 2 is 1.82 bits per heavy atom. The van der Waals surface area contributed by atoms with Crippen LogP contribution in [-0.2, 0) is 4.79 Å². The van der Waals surface area contributed by atoms with Crippen LogP contribution in [0.3, 0.4) is 0 Å². The van der Waals surface area contributed by atoms with Crippen LogP contribution < -0.4 is 0 Å². The minimum atomic E-state index is -1.41. The maximum atomic E-state index is 14.2. The quantitative estimate of drug-likeness (QED) is 0.173. The Kier molecular flexibility index (Phi) is 6.72. The van der Waals surface area contributed by atoms with Gasteiger partial charge in [-0.15, -0.1) is 22.7 Å². The fraction of sp³-hybridized carbons (Fsp3) is 0.222. The molecule has 0 aliphatic carbocycles. The van der Waals surface area contributed by atoms with Gasteiger partial charge in [-0.2, -0.15) is 0 Å². The third kappa shape index (κ3) is 4.33. The standard InChI is InChI=1S/C27H22N2O7S2/c1-14-10-12-38-25(14)21-20(24(30)18-9-8-15(2)36-18)22(16-5-3-6-17(13-16)29(34)35)28(23(21)27(32)33)26(31)19-7-4-11-37-19/h3-13,20-23H,1-2H3,(H,32,33). The van der Waals surface area contributed by atoms with Crippen molar-refractivity contribution in [2.45, 2.75) is 31.8 Å². The van der Waals surface area contributed by atoms with E-state index in [-0.39, 0.29) is 11.4 Å². The third-order valence-electron chi connectivity index (χ3n) is 6.80. The third-order valence-corrected chi connectivity index (χ3v) is 8.78. The summed E-state index contributed by atoms with van der Waals surface area (Å²) < 4.78 is 5.66. The molecule has 1 fully saturated rings. The number of non-ortho nitro benzene ring substituents is 1. The number of nitro benzene ring substituents is 1. The molecular weight excluding hydrogens is 528 g/mol. The van der Waals surface area contributed by atoms with E-state index in [9.17, 15) is 29.6 Å². The molecule has 1 aromatic carbocycles. The number of carboxylic acids is 1. The smallest absolute Gasteiger partial charge is 0.327 e. The maximum Gasteiger partial charge on any atom is 0.327 e. The largest absolute Gasteiger partial charge is 0.480 e. The molecule has 194 valence electrons. The Hall–Kier alpha value is -4.09. The minimum absolute atomic E-state index is 0.0386. The Morgan fingerprint density at radius 1 is 1.03 bits per heavy atom. The van der Waals surface area contributed by atoms with Gasteiger partial charge in [0, 0.05) is 22.9 Å². The number of hydrogen-bond donors (Lipinski definition) is 1. The molecule has 1 aliphatic heterocycles. The van der Waals surface area contributed by atoms with Crippen molar-refractivity contribution in [3.8, 4) is 0 Å². The fourth-order valence-corrected chi connectivity index (χ4v) is 7.00. The van der Waals surface area contributed by atoms with Crippen LogP contribution in [0, 0.1) is 29.9 Å². The van der Waals surface area contributed by atoms with Crippen LogP contribution >= 0.6 is 22.7 Å². The maximum absolute atomic E-state index is 14.2. The lowest BCUT2D eigenvalue weighted by Crippen LogP contribution is -2.43. The van der Waals surface area contributed by atoms with Gasteiger partial charge in [0.15, 0.2) is 5.76 Å². The molecular formula is C27H22N2O7S2. The molecule has 4 atom stereocenters. The molecule has 1 aliphatic rings. The first kappa shape index (κ1) is 25.6. The number of likely N-dealkylation sites (tertiary alicyclic amines) is 1. The zero-order chi connectivity index (χ0) is 27.1. The summed E-state index contributed by atoms with van der Waals surface area (Å²) in [5.41, 5.74) is 0.866. The molecule has 0 saturated carbocycles. The van der Waals surface area contributed by atoms with Gasteiger partial charge in [0.2, 0.25) is 5.78 Å². The lowest BCUT2D eigenvalue weighted by molar-refractivity contribution is -0.385. The molecule has 3 aromatic heterocycles. The number of carbonyl (C=O) groups is 3. The second kappa shape index (κ2) is 9.99. The van der Waals surface area contributed by atoms with Gasteiger partial charge in [0.05, 0.1) is 21.8 Å². The second-order valence-corrected chi connectivity index (χ2v) is 11.0. The molecule has 9 nitrogen and oxygen atoms in total. The summed E-state index contributed by atoms with van der Waals surface area (Å²) in [5, 5.41) is 25.7. The van der Waals surface area contributed by atoms with Crippen molar-refractivity contribution in [2.24, 2.45) is 5.92 Å². The lowest BCUT2D eigenvalue weighted by atomic mass is 9.79. The summed E-state index contributed by atoms with van der Waals surface area (Å²) in [7, 11) is 0. The number of benzene rings is 1. The Labute approximate surface area is 225 Å². The van der Waals surface area contributed by atoms with Gasteiger partial charge in [-0.1, -0.05) is 18.2 Å². The van der Waals surface area contributed by atoms with E-state index in [0.717, 1.165) is 16.9 Å². The molecule has 38 heavy (non-hydrogen) atoms. The van der Waals surface area contributed by atoms with E-state index in [2.05, 4.69) is 0 Å². The summed E-state index contributed by atoms with van der Waals surface area (Å²) in [6, 6.07) is 11.4. The van der Waals surface area contributed by atoms with Crippen LogP contribution in [0.25, 0.3) is 0 Å². The predicted octanol–water partition coefficient (Wildman–Crippen LogP) is 5.86. The molecule has 4 heterocycles.